The fourth-order valence-corrected chi connectivity index (χ4v) is 2.42. The Kier molecular flexibility index (Phi) is 6.23. The van der Waals surface area contributed by atoms with Gasteiger partial charge < -0.3 is 4.74 Å². The molecule has 2 aromatic carbocycles. The molecule has 0 saturated carbocycles. The van der Waals surface area contributed by atoms with Crippen molar-refractivity contribution in [3.05, 3.63) is 70.0 Å². The Bertz CT molecular complexity index is 881. The minimum atomic E-state index is -4.54. The molecule has 2 aromatic rings. The average Bonchev–Trinajstić information content (AvgIpc) is 2.52. The zero-order valence-corrected chi connectivity index (χ0v) is 12.8. The van der Waals surface area contributed by atoms with E-state index >= 15 is 0 Å². The van der Waals surface area contributed by atoms with Crippen LogP contribution in [0.4, 0.5) is 17.6 Å². The van der Waals surface area contributed by atoms with E-state index in [2.05, 4.69) is 11.8 Å². The molecule has 1 aliphatic rings. The average molecular weight is 377 g/mol. The first-order valence-electron chi connectivity index (χ1n) is 6.86. The number of ether oxygens (including phenoxy) is 1. The summed E-state index contributed by atoms with van der Waals surface area (Å²) in [6.45, 7) is 0. The molecular formula is C18H10ClF4NaO. The summed E-state index contributed by atoms with van der Waals surface area (Å²) in [7, 11) is 0. The fourth-order valence-electron chi connectivity index (χ4n) is 2.19. The van der Waals surface area contributed by atoms with Crippen LogP contribution in [0.5, 0.6) is 5.75 Å². The van der Waals surface area contributed by atoms with Crippen molar-refractivity contribution in [3.8, 4) is 17.6 Å². The molecule has 0 bridgehead atoms. The second kappa shape index (κ2) is 7.84. The summed E-state index contributed by atoms with van der Waals surface area (Å²) in [5.74, 6) is 4.69. The zero-order chi connectivity index (χ0) is 17.3. The maximum absolute atomic E-state index is 13.6. The molecule has 0 fully saturated rings. The van der Waals surface area contributed by atoms with Crippen molar-refractivity contribution in [1.82, 2.24) is 0 Å². The van der Waals surface area contributed by atoms with Gasteiger partial charge in [0.05, 0.1) is 11.1 Å². The van der Waals surface area contributed by atoms with Crippen LogP contribution in [0.25, 0.3) is 6.08 Å². The number of alkyl halides is 3. The van der Waals surface area contributed by atoms with Gasteiger partial charge in [-0.15, -0.1) is 0 Å². The third kappa shape index (κ3) is 4.59. The van der Waals surface area contributed by atoms with E-state index in [4.69, 9.17) is 16.3 Å². The van der Waals surface area contributed by atoms with Crippen LogP contribution in [0.2, 0.25) is 5.02 Å². The normalized spacial score (nSPS) is 15.3. The van der Waals surface area contributed by atoms with Crippen LogP contribution >= 0.6 is 11.6 Å². The first-order valence-corrected chi connectivity index (χ1v) is 7.24. The van der Waals surface area contributed by atoms with Gasteiger partial charge in [0.1, 0.15) is 11.6 Å². The fraction of sp³-hybridized carbons (Fsp3) is 0.111. The van der Waals surface area contributed by atoms with Crippen LogP contribution in [0.15, 0.2) is 42.5 Å². The van der Waals surface area contributed by atoms with Crippen molar-refractivity contribution in [1.29, 1.82) is 0 Å². The Morgan fingerprint density at radius 2 is 1.72 bits per heavy atom. The second-order valence-electron chi connectivity index (χ2n) is 5.04. The molecule has 1 atom stereocenters. The van der Waals surface area contributed by atoms with E-state index in [1.165, 1.54) is 36.4 Å². The third-order valence-electron chi connectivity index (χ3n) is 3.31. The quantitative estimate of drug-likeness (QED) is 0.372. The Hall–Kier alpha value is -1.45. The molecule has 1 heterocycles. The van der Waals surface area contributed by atoms with Crippen molar-refractivity contribution in [2.45, 2.75) is 12.3 Å². The predicted octanol–water partition coefficient (Wildman–Crippen LogP) is 4.57. The molecule has 1 unspecified atom stereocenters. The van der Waals surface area contributed by atoms with E-state index in [1.54, 1.807) is 6.07 Å². The van der Waals surface area contributed by atoms with Gasteiger partial charge in [0, 0.05) is 10.6 Å². The van der Waals surface area contributed by atoms with E-state index in [-0.39, 0.29) is 46.4 Å². The van der Waals surface area contributed by atoms with Gasteiger partial charge in [-0.3, -0.25) is 0 Å². The van der Waals surface area contributed by atoms with Gasteiger partial charge >= 0.3 is 35.7 Å². The van der Waals surface area contributed by atoms with Crippen LogP contribution < -0.4 is 4.74 Å². The van der Waals surface area contributed by atoms with Gasteiger partial charge in [-0.2, -0.15) is 13.2 Å². The topological polar surface area (TPSA) is 9.23 Å². The van der Waals surface area contributed by atoms with E-state index < -0.39 is 18.1 Å². The number of rotatable bonds is 0. The molecule has 1 aliphatic heterocycles. The van der Waals surface area contributed by atoms with E-state index in [9.17, 15) is 17.6 Å². The van der Waals surface area contributed by atoms with E-state index in [1.807, 2.05) is 0 Å². The summed E-state index contributed by atoms with van der Waals surface area (Å²) in [5.41, 5.74) is 0.685. The molecule has 124 valence electrons. The second-order valence-corrected chi connectivity index (χ2v) is 5.48. The number of halogens is 5. The van der Waals surface area contributed by atoms with Gasteiger partial charge in [-0.05, 0) is 30.3 Å². The standard InChI is InChI=1S/C18H9ClF4O.Na.H/c19-14-9-12(6-5-11-3-1-2-4-15(11)20)17-13(10-14)7-8-16(24-17)18(21,22)23;;/h1-4,7-10,16H;;. The molecule has 0 N–H and O–H groups in total. The minimum absolute atomic E-state index is 0. The third-order valence-corrected chi connectivity index (χ3v) is 3.52. The molecule has 7 heteroatoms. The van der Waals surface area contributed by atoms with Gasteiger partial charge in [-0.1, -0.05) is 41.7 Å². The van der Waals surface area contributed by atoms with Crippen molar-refractivity contribution in [2.24, 2.45) is 0 Å². The molecule has 25 heavy (non-hydrogen) atoms. The molecule has 0 amide bonds. The van der Waals surface area contributed by atoms with Crippen molar-refractivity contribution >= 4 is 47.2 Å². The summed E-state index contributed by atoms with van der Waals surface area (Å²) in [6, 6.07) is 8.72. The zero-order valence-electron chi connectivity index (χ0n) is 12.0. The van der Waals surface area contributed by atoms with E-state index in [0.29, 0.717) is 10.6 Å². The van der Waals surface area contributed by atoms with Crippen molar-refractivity contribution in [3.63, 3.8) is 0 Å². The number of hydrogen-bond donors (Lipinski definition) is 0. The van der Waals surface area contributed by atoms with Gasteiger partial charge in [0.25, 0.3) is 0 Å². The Morgan fingerprint density at radius 3 is 2.40 bits per heavy atom. The van der Waals surface area contributed by atoms with E-state index in [0.717, 1.165) is 6.08 Å². The molecule has 0 spiro atoms. The predicted molar refractivity (Wildman–Crippen MR) is 90.5 cm³/mol. The van der Waals surface area contributed by atoms with Gasteiger partial charge in [-0.25, -0.2) is 4.39 Å². The van der Waals surface area contributed by atoms with Crippen LogP contribution in [-0.4, -0.2) is 41.8 Å². The Labute approximate surface area is 168 Å². The molecule has 0 aliphatic carbocycles. The Balaban J connectivity index is 0.00000225. The monoisotopic (exact) mass is 376 g/mol. The molecule has 0 radical (unpaired) electrons. The molecule has 0 aromatic heterocycles. The first-order chi connectivity index (χ1) is 11.3. The van der Waals surface area contributed by atoms with Gasteiger partial charge in [0.2, 0.25) is 6.10 Å². The Morgan fingerprint density at radius 1 is 1.04 bits per heavy atom. The summed E-state index contributed by atoms with van der Waals surface area (Å²) >= 11 is 5.97. The number of benzene rings is 2. The van der Waals surface area contributed by atoms with Crippen molar-refractivity contribution in [2.75, 3.05) is 0 Å². The van der Waals surface area contributed by atoms with Crippen LogP contribution in [0, 0.1) is 17.7 Å². The summed E-state index contributed by atoms with van der Waals surface area (Å²) in [4.78, 5) is 0. The first kappa shape index (κ1) is 19.9. The van der Waals surface area contributed by atoms with Crippen molar-refractivity contribution < 1.29 is 22.3 Å². The number of fused-ring (bicyclic) bond motifs is 1. The summed E-state index contributed by atoms with van der Waals surface area (Å²) in [6.07, 6.45) is -4.39. The molecular weight excluding hydrogens is 367 g/mol. The van der Waals surface area contributed by atoms with Crippen LogP contribution in [-0.2, 0) is 0 Å². The maximum atomic E-state index is 13.6. The molecule has 0 saturated heterocycles. The molecule has 3 rings (SSSR count). The SMILES string of the molecule is Fc1ccccc1C#Cc1cc(Cl)cc2c1OC(C(F)(F)F)C=C2.[NaH]. The number of hydrogen-bond acceptors (Lipinski definition) is 1. The molecule has 1 nitrogen and oxygen atoms in total. The summed E-state index contributed by atoms with van der Waals surface area (Å²) < 4.78 is 57.2. The summed E-state index contributed by atoms with van der Waals surface area (Å²) in [5, 5.41) is 0.297. The van der Waals surface area contributed by atoms with Gasteiger partial charge in [0.15, 0.2) is 0 Å². The van der Waals surface area contributed by atoms with Crippen LogP contribution in [0.3, 0.4) is 0 Å². The van der Waals surface area contributed by atoms with Crippen LogP contribution in [0.1, 0.15) is 16.7 Å².